The summed E-state index contributed by atoms with van der Waals surface area (Å²) >= 11 is -0.177. The summed E-state index contributed by atoms with van der Waals surface area (Å²) < 4.78 is 21.2. The third-order valence-electron chi connectivity index (χ3n) is 3.60. The topological polar surface area (TPSA) is 94.8 Å². The van der Waals surface area contributed by atoms with E-state index in [9.17, 15) is 14.5 Å². The van der Waals surface area contributed by atoms with Crippen LogP contribution in [0, 0.1) is 5.92 Å². The second-order valence-electron chi connectivity index (χ2n) is 6.76. The number of ether oxygens (including phenoxy) is 1. The monoisotopic (exact) mass is 388 g/mol. The highest BCUT2D eigenvalue weighted by Gasteiger charge is 2.29. The van der Waals surface area contributed by atoms with Crippen LogP contribution in [0.5, 0.6) is 0 Å². The van der Waals surface area contributed by atoms with Gasteiger partial charge in [0.2, 0.25) is 0 Å². The number of hydrogen-bond acceptors (Lipinski definition) is 7. The molecule has 8 heteroatoms. The van der Waals surface area contributed by atoms with Crippen molar-refractivity contribution in [2.45, 2.75) is 65.2 Å². The number of aliphatic hydroxyl groups is 1. The fraction of sp³-hybridized carbons (Fsp3) is 0.706. The predicted molar refractivity (Wildman–Crippen MR) is 102 cm³/mol. The highest BCUT2D eigenvalue weighted by molar-refractivity contribution is 7.91. The van der Waals surface area contributed by atoms with Crippen molar-refractivity contribution in [3.63, 3.8) is 0 Å². The molecule has 0 bridgehead atoms. The van der Waals surface area contributed by atoms with Crippen molar-refractivity contribution in [3.05, 3.63) is 16.1 Å². The Morgan fingerprint density at radius 1 is 1.48 bits per heavy atom. The summed E-state index contributed by atoms with van der Waals surface area (Å²) in [6, 6.07) is 0. The summed E-state index contributed by atoms with van der Waals surface area (Å²) in [6.45, 7) is 11.6. The van der Waals surface area contributed by atoms with Gasteiger partial charge in [0.25, 0.3) is 0 Å². The summed E-state index contributed by atoms with van der Waals surface area (Å²) in [6.07, 6.45) is 0.184. The molecule has 0 aliphatic heterocycles. The molecular weight excluding hydrogens is 360 g/mol. The number of esters is 1. The number of nitrogens with zero attached hydrogens (tertiary/aromatic N) is 2. The lowest BCUT2D eigenvalue weighted by atomic mass is 9.98. The van der Waals surface area contributed by atoms with Crippen LogP contribution < -0.4 is 0 Å². The average Bonchev–Trinajstić information content (AvgIpc) is 3.02. The first-order valence-electron chi connectivity index (χ1n) is 8.40. The number of carbonyl (C=O) groups is 1. The first-order chi connectivity index (χ1) is 11.6. The van der Waals surface area contributed by atoms with E-state index in [1.54, 1.807) is 12.3 Å². The summed E-state index contributed by atoms with van der Waals surface area (Å²) in [4.78, 5) is 15.8. The molecule has 1 aromatic heterocycles. The lowest BCUT2D eigenvalue weighted by Gasteiger charge is -2.21. The van der Waals surface area contributed by atoms with E-state index in [0.717, 1.165) is 6.42 Å². The molecule has 0 saturated carbocycles. The Morgan fingerprint density at radius 2 is 2.12 bits per heavy atom. The van der Waals surface area contributed by atoms with E-state index in [1.165, 1.54) is 11.3 Å². The second-order valence-corrected chi connectivity index (χ2v) is 9.56. The van der Waals surface area contributed by atoms with Gasteiger partial charge in [-0.2, -0.15) is 0 Å². The Balaban J connectivity index is 2.94. The molecule has 0 aliphatic carbocycles. The van der Waals surface area contributed by atoms with Crippen LogP contribution in [0.3, 0.4) is 0 Å². The normalized spacial score (nSPS) is 16.4. The summed E-state index contributed by atoms with van der Waals surface area (Å²) in [5, 5.41) is 12.5. The van der Waals surface area contributed by atoms with Gasteiger partial charge < -0.3 is 14.4 Å². The SMILES string of the molecule is CCOC(=O)c1csc([C@H](O)CC(=N[S+]([O-])C(C)(C)C)C(C)CC)n1. The van der Waals surface area contributed by atoms with Crippen molar-refractivity contribution >= 4 is 34.4 Å². The van der Waals surface area contributed by atoms with Gasteiger partial charge in [0.05, 0.1) is 12.3 Å². The minimum atomic E-state index is -1.38. The Morgan fingerprint density at radius 3 is 2.64 bits per heavy atom. The van der Waals surface area contributed by atoms with Gasteiger partial charge >= 0.3 is 5.97 Å². The smallest absolute Gasteiger partial charge is 0.357 e. The molecule has 3 atom stereocenters. The summed E-state index contributed by atoms with van der Waals surface area (Å²) in [7, 11) is 0. The lowest BCUT2D eigenvalue weighted by molar-refractivity contribution is 0.0519. The second kappa shape index (κ2) is 9.66. The van der Waals surface area contributed by atoms with Gasteiger partial charge in [0, 0.05) is 11.8 Å². The fourth-order valence-corrected chi connectivity index (χ4v) is 3.35. The van der Waals surface area contributed by atoms with Crippen LogP contribution in [0.15, 0.2) is 9.78 Å². The maximum Gasteiger partial charge on any atom is 0.357 e. The number of thiazole rings is 1. The Labute approximate surface area is 157 Å². The van der Waals surface area contributed by atoms with Crippen LogP contribution in [-0.4, -0.2) is 37.7 Å². The molecule has 0 aliphatic rings. The number of aromatic nitrogens is 1. The third kappa shape index (κ3) is 6.69. The molecule has 0 radical (unpaired) electrons. The molecule has 1 rings (SSSR count). The van der Waals surface area contributed by atoms with Crippen LogP contribution in [0.25, 0.3) is 0 Å². The summed E-state index contributed by atoms with van der Waals surface area (Å²) in [5.41, 5.74) is 0.900. The maximum atomic E-state index is 12.3. The van der Waals surface area contributed by atoms with Gasteiger partial charge in [-0.15, -0.1) is 11.3 Å². The fourth-order valence-electron chi connectivity index (χ4n) is 1.83. The van der Waals surface area contributed by atoms with E-state index in [4.69, 9.17) is 4.74 Å². The quantitative estimate of drug-likeness (QED) is 0.416. The van der Waals surface area contributed by atoms with Crippen LogP contribution in [0.2, 0.25) is 0 Å². The molecule has 0 spiro atoms. The first kappa shape index (κ1) is 22.1. The summed E-state index contributed by atoms with van der Waals surface area (Å²) in [5.74, 6) is -0.396. The molecule has 6 nitrogen and oxygen atoms in total. The number of hydrogen-bond donors (Lipinski definition) is 1. The standard InChI is InChI=1S/C17H28N2O4S2/c1-7-11(3)12(19-25(22)17(4,5)6)9-14(20)15-18-13(10-24-15)16(21)23-8-2/h10-11,14,20H,7-9H2,1-6H3/t11?,14-,25?/m1/s1. The number of rotatable bonds is 8. The van der Waals surface area contributed by atoms with Crippen LogP contribution >= 0.6 is 11.3 Å². The average molecular weight is 389 g/mol. The van der Waals surface area contributed by atoms with Crippen molar-refractivity contribution in [1.82, 2.24) is 4.98 Å². The maximum absolute atomic E-state index is 12.3. The van der Waals surface area contributed by atoms with Gasteiger partial charge in [0.1, 0.15) is 27.2 Å². The van der Waals surface area contributed by atoms with Crippen LogP contribution in [0.4, 0.5) is 0 Å². The van der Waals surface area contributed by atoms with Crippen molar-refractivity contribution in [3.8, 4) is 0 Å². The molecule has 1 aromatic rings. The highest BCUT2D eigenvalue weighted by atomic mass is 32.2. The van der Waals surface area contributed by atoms with Gasteiger partial charge in [-0.25, -0.2) is 9.78 Å². The highest BCUT2D eigenvalue weighted by Crippen LogP contribution is 2.26. The van der Waals surface area contributed by atoms with E-state index in [-0.39, 0.29) is 24.6 Å². The Bertz CT molecular complexity index is 596. The molecule has 0 saturated heterocycles. The zero-order chi connectivity index (χ0) is 19.2. The minimum absolute atomic E-state index is 0.102. The number of aliphatic hydroxyl groups excluding tert-OH is 1. The van der Waals surface area contributed by atoms with Crippen molar-refractivity contribution in [2.24, 2.45) is 10.3 Å². The van der Waals surface area contributed by atoms with Crippen molar-refractivity contribution in [2.75, 3.05) is 6.61 Å². The van der Waals surface area contributed by atoms with Crippen LogP contribution in [0.1, 0.15) is 76.0 Å². The molecular formula is C17H28N2O4S2. The predicted octanol–water partition coefficient (Wildman–Crippen LogP) is 3.69. The van der Waals surface area contributed by atoms with E-state index >= 15 is 0 Å². The zero-order valence-corrected chi connectivity index (χ0v) is 17.4. The van der Waals surface area contributed by atoms with Gasteiger partial charge in [-0.05, 0) is 40.0 Å². The molecule has 142 valence electrons. The van der Waals surface area contributed by atoms with E-state index in [2.05, 4.69) is 9.38 Å². The molecule has 1 heterocycles. The number of carbonyl (C=O) groups excluding carboxylic acids is 1. The zero-order valence-electron chi connectivity index (χ0n) is 15.7. The van der Waals surface area contributed by atoms with Gasteiger partial charge in [0.15, 0.2) is 5.69 Å². The van der Waals surface area contributed by atoms with Crippen LogP contribution in [-0.2, 0) is 16.1 Å². The third-order valence-corrected chi connectivity index (χ3v) is 5.99. The molecule has 25 heavy (non-hydrogen) atoms. The van der Waals surface area contributed by atoms with Gasteiger partial charge in [-0.3, -0.25) is 0 Å². The van der Waals surface area contributed by atoms with E-state index in [0.29, 0.717) is 10.7 Å². The molecule has 1 N–H and O–H groups in total. The van der Waals surface area contributed by atoms with Gasteiger partial charge in [-0.1, -0.05) is 18.2 Å². The van der Waals surface area contributed by atoms with E-state index in [1.807, 2.05) is 34.6 Å². The molecule has 2 unspecified atom stereocenters. The van der Waals surface area contributed by atoms with Crippen molar-refractivity contribution < 1.29 is 19.2 Å². The Hall–Kier alpha value is -0.960. The molecule has 0 aromatic carbocycles. The lowest BCUT2D eigenvalue weighted by Crippen LogP contribution is -2.28. The molecule has 0 fully saturated rings. The largest absolute Gasteiger partial charge is 0.591 e. The molecule has 0 amide bonds. The Kier molecular flexibility index (Phi) is 8.53. The first-order valence-corrected chi connectivity index (χ1v) is 10.4. The minimum Gasteiger partial charge on any atom is -0.591 e. The van der Waals surface area contributed by atoms with E-state index < -0.39 is 28.2 Å². The van der Waals surface area contributed by atoms with Crippen molar-refractivity contribution in [1.29, 1.82) is 0 Å².